The monoisotopic (exact) mass is 706 g/mol. The summed E-state index contributed by atoms with van der Waals surface area (Å²) in [6.45, 7) is 7.50. The number of aliphatic carboxylic acids is 1. The predicted octanol–water partition coefficient (Wildman–Crippen LogP) is -1.76. The van der Waals surface area contributed by atoms with Crippen LogP contribution in [0, 0.1) is 0 Å². The fourth-order valence-corrected chi connectivity index (χ4v) is 5.07. The van der Waals surface area contributed by atoms with Gasteiger partial charge in [-0.25, -0.2) is 4.79 Å². The number of carboxylic acids is 1. The topological polar surface area (TPSA) is 264 Å². The molecule has 10 unspecified atom stereocenters. The maximum Gasteiger partial charge on any atom is 0.332 e. The molecular weight excluding hydrogens is 664 g/mol. The van der Waals surface area contributed by atoms with Crippen LogP contribution in [-0.4, -0.2) is 133 Å². The summed E-state index contributed by atoms with van der Waals surface area (Å²) in [7, 11) is 0. The quantitative estimate of drug-likeness (QED) is 0.133. The van der Waals surface area contributed by atoms with Gasteiger partial charge in [0.25, 0.3) is 0 Å². The van der Waals surface area contributed by atoms with E-state index in [-0.39, 0.29) is 0 Å². The number of ether oxygens (including phenoxy) is 9. The highest BCUT2D eigenvalue weighted by atomic mass is 16.8. The Bertz CT molecular complexity index is 1260. The smallest absolute Gasteiger partial charge is 0.332 e. The number of carbonyl (C=O) groups is 8. The van der Waals surface area contributed by atoms with E-state index in [1.54, 1.807) is 0 Å². The molecule has 20 nitrogen and oxygen atoms in total. The first-order valence-corrected chi connectivity index (χ1v) is 15.0. The molecule has 2 rings (SSSR count). The van der Waals surface area contributed by atoms with E-state index in [0.717, 1.165) is 55.4 Å². The largest absolute Gasteiger partial charge is 0.479 e. The second-order valence-corrected chi connectivity index (χ2v) is 11.1. The Labute approximate surface area is 280 Å². The maximum absolute atomic E-state index is 12.4. The standard InChI is InChI=1S/C29H42N2O18/c1-11(27(39)40)43-25-21(30-12(2)32)28(46-18(8)38)47-20(10-42-15(5)35)24(25)49-29-22(31-13(3)33)26(45-17(7)37)23(44-16(6)36)19(48-29)9-41-14(4)34/h11,19-26,28-29H,9-10H2,1-8H3,(H,30,32)(H,31,33)(H,39,40)/t11-,19?,20?,21?,22?,23?,24?,25?,26?,28?,29?/m1/s1. The lowest BCUT2D eigenvalue weighted by atomic mass is 9.93. The molecule has 20 heteroatoms. The molecule has 2 aliphatic rings. The Morgan fingerprint density at radius 2 is 1.02 bits per heavy atom. The van der Waals surface area contributed by atoms with Crippen molar-refractivity contribution < 1.29 is 86.1 Å². The normalized spacial score (nSPS) is 30.0. The SMILES string of the molecule is CC(=O)NC1C(OC2C(COC(C)=O)OC(OC(C)=O)C(NC(C)=O)C2O[C@H](C)C(=O)O)OC(COC(C)=O)C(OC(C)=O)C1OC(C)=O. The Morgan fingerprint density at radius 1 is 0.592 bits per heavy atom. The fourth-order valence-electron chi connectivity index (χ4n) is 5.07. The van der Waals surface area contributed by atoms with Gasteiger partial charge >= 0.3 is 35.8 Å². The molecule has 0 aromatic carbocycles. The fraction of sp³-hybridized carbons (Fsp3) is 0.724. The minimum atomic E-state index is -1.73. The second-order valence-electron chi connectivity index (χ2n) is 11.1. The number of esters is 5. The van der Waals surface area contributed by atoms with Gasteiger partial charge in [-0.3, -0.25) is 33.6 Å². The third kappa shape index (κ3) is 12.5. The number of carboxylic acid groups (broad SMARTS) is 1. The third-order valence-electron chi connectivity index (χ3n) is 6.82. The minimum absolute atomic E-state index is 0.575. The summed E-state index contributed by atoms with van der Waals surface area (Å²) in [6.07, 6.45) is -14.0. The first-order chi connectivity index (χ1) is 22.8. The molecule has 0 spiro atoms. The molecule has 0 aromatic heterocycles. The zero-order valence-corrected chi connectivity index (χ0v) is 28.2. The third-order valence-corrected chi connectivity index (χ3v) is 6.82. The number of nitrogens with one attached hydrogen (secondary N) is 2. The van der Waals surface area contributed by atoms with E-state index in [1.807, 2.05) is 0 Å². The van der Waals surface area contributed by atoms with E-state index < -0.39 is 128 Å². The summed E-state index contributed by atoms with van der Waals surface area (Å²) >= 11 is 0. The van der Waals surface area contributed by atoms with Crippen molar-refractivity contribution in [1.29, 1.82) is 0 Å². The Kier molecular flexibility index (Phi) is 15.3. The van der Waals surface area contributed by atoms with E-state index in [4.69, 9.17) is 42.6 Å². The van der Waals surface area contributed by atoms with Crippen molar-refractivity contribution in [3.8, 4) is 0 Å². The molecule has 0 bridgehead atoms. The van der Waals surface area contributed by atoms with Crippen molar-refractivity contribution in [2.75, 3.05) is 13.2 Å². The number of hydrogen-bond acceptors (Lipinski definition) is 17. The van der Waals surface area contributed by atoms with Crippen LogP contribution in [0.15, 0.2) is 0 Å². The summed E-state index contributed by atoms with van der Waals surface area (Å²) in [5.74, 6) is -6.98. The van der Waals surface area contributed by atoms with E-state index in [0.29, 0.717) is 0 Å². The minimum Gasteiger partial charge on any atom is -0.479 e. The average molecular weight is 707 g/mol. The second kappa shape index (κ2) is 18.4. The van der Waals surface area contributed by atoms with Crippen LogP contribution in [0.1, 0.15) is 55.4 Å². The lowest BCUT2D eigenvalue weighted by Crippen LogP contribution is -2.70. The van der Waals surface area contributed by atoms with Crippen molar-refractivity contribution in [1.82, 2.24) is 10.6 Å². The van der Waals surface area contributed by atoms with Crippen molar-refractivity contribution in [2.24, 2.45) is 0 Å². The van der Waals surface area contributed by atoms with Gasteiger partial charge in [0.2, 0.25) is 18.1 Å². The highest BCUT2D eigenvalue weighted by Gasteiger charge is 2.56. The number of carbonyl (C=O) groups excluding carboxylic acids is 7. The van der Waals surface area contributed by atoms with Crippen LogP contribution in [-0.2, 0) is 81.0 Å². The highest BCUT2D eigenvalue weighted by molar-refractivity contribution is 5.74. The molecule has 0 saturated carbocycles. The summed E-state index contributed by atoms with van der Waals surface area (Å²) in [6, 6.07) is -2.95. The maximum atomic E-state index is 12.4. The van der Waals surface area contributed by atoms with Crippen LogP contribution in [0.2, 0.25) is 0 Å². The van der Waals surface area contributed by atoms with E-state index >= 15 is 0 Å². The number of amides is 2. The molecule has 2 heterocycles. The zero-order chi connectivity index (χ0) is 37.2. The van der Waals surface area contributed by atoms with E-state index in [1.165, 1.54) is 0 Å². The molecule has 0 aromatic rings. The van der Waals surface area contributed by atoms with Gasteiger partial charge in [0, 0.05) is 48.5 Å². The van der Waals surface area contributed by atoms with Crippen LogP contribution in [0.4, 0.5) is 0 Å². The molecule has 2 saturated heterocycles. The Balaban J connectivity index is 2.78. The Morgan fingerprint density at radius 3 is 1.45 bits per heavy atom. The molecular formula is C29H42N2O18. The molecule has 0 radical (unpaired) electrons. The molecule has 3 N–H and O–H groups in total. The highest BCUT2D eigenvalue weighted by Crippen LogP contribution is 2.34. The van der Waals surface area contributed by atoms with Gasteiger partial charge in [-0.15, -0.1) is 0 Å². The molecule has 2 fully saturated rings. The van der Waals surface area contributed by atoms with E-state index in [2.05, 4.69) is 10.6 Å². The average Bonchev–Trinajstić information content (AvgIpc) is 2.95. The van der Waals surface area contributed by atoms with Gasteiger partial charge in [-0.1, -0.05) is 0 Å². The predicted molar refractivity (Wildman–Crippen MR) is 156 cm³/mol. The Hall–Kier alpha value is -4.40. The summed E-state index contributed by atoms with van der Waals surface area (Å²) in [5, 5.41) is 14.7. The summed E-state index contributed by atoms with van der Waals surface area (Å²) in [4.78, 5) is 96.7. The zero-order valence-electron chi connectivity index (χ0n) is 28.2. The van der Waals surface area contributed by atoms with Crippen LogP contribution in [0.25, 0.3) is 0 Å². The van der Waals surface area contributed by atoms with Crippen LogP contribution in [0.5, 0.6) is 0 Å². The van der Waals surface area contributed by atoms with Crippen LogP contribution >= 0.6 is 0 Å². The number of rotatable bonds is 14. The molecule has 276 valence electrons. The van der Waals surface area contributed by atoms with Crippen molar-refractivity contribution in [2.45, 2.75) is 123 Å². The van der Waals surface area contributed by atoms with Gasteiger partial charge in [0.15, 0.2) is 24.6 Å². The molecule has 0 aliphatic carbocycles. The van der Waals surface area contributed by atoms with Gasteiger partial charge in [0.1, 0.15) is 49.7 Å². The molecule has 49 heavy (non-hydrogen) atoms. The van der Waals surface area contributed by atoms with Crippen molar-refractivity contribution in [3.05, 3.63) is 0 Å². The van der Waals surface area contributed by atoms with Gasteiger partial charge in [-0.05, 0) is 6.92 Å². The molecule has 2 aliphatic heterocycles. The van der Waals surface area contributed by atoms with Crippen molar-refractivity contribution >= 4 is 47.6 Å². The first kappa shape index (κ1) is 40.8. The van der Waals surface area contributed by atoms with Gasteiger partial charge < -0.3 is 58.4 Å². The van der Waals surface area contributed by atoms with E-state index in [9.17, 15) is 43.5 Å². The van der Waals surface area contributed by atoms with Crippen LogP contribution in [0.3, 0.4) is 0 Å². The lowest BCUT2D eigenvalue weighted by Gasteiger charge is -2.49. The summed E-state index contributed by atoms with van der Waals surface area (Å²) < 4.78 is 50.5. The van der Waals surface area contributed by atoms with Crippen LogP contribution < -0.4 is 10.6 Å². The first-order valence-electron chi connectivity index (χ1n) is 15.0. The van der Waals surface area contributed by atoms with Crippen molar-refractivity contribution in [3.63, 3.8) is 0 Å². The number of hydrogen-bond donors (Lipinski definition) is 3. The van der Waals surface area contributed by atoms with Gasteiger partial charge in [0.05, 0.1) is 0 Å². The lowest BCUT2D eigenvalue weighted by molar-refractivity contribution is -0.335. The molecule has 2 amide bonds. The summed E-state index contributed by atoms with van der Waals surface area (Å²) in [5.41, 5.74) is 0. The molecule has 11 atom stereocenters. The van der Waals surface area contributed by atoms with Gasteiger partial charge in [-0.2, -0.15) is 0 Å².